The van der Waals surface area contributed by atoms with Crippen LogP contribution < -0.4 is 4.74 Å². The molecule has 0 aliphatic carbocycles. The smallest absolute Gasteiger partial charge is 0.160 e. The summed E-state index contributed by atoms with van der Waals surface area (Å²) in [5.74, 6) is 0.583. The van der Waals surface area contributed by atoms with E-state index in [1.54, 1.807) is 24.3 Å². The quantitative estimate of drug-likeness (QED) is 0.835. The molecule has 0 saturated carbocycles. The lowest BCUT2D eigenvalue weighted by molar-refractivity contribution is 0.373. The van der Waals surface area contributed by atoms with Gasteiger partial charge >= 0.3 is 0 Å². The van der Waals surface area contributed by atoms with E-state index in [1.807, 2.05) is 18.2 Å². The van der Waals surface area contributed by atoms with E-state index >= 15 is 0 Å². The number of benzene rings is 2. The van der Waals surface area contributed by atoms with Crippen LogP contribution in [0.3, 0.4) is 0 Å². The molecule has 0 atom stereocenters. The van der Waals surface area contributed by atoms with Crippen molar-refractivity contribution in [2.75, 3.05) is 7.11 Å². The maximum atomic E-state index is 9.66. The predicted octanol–water partition coefficient (Wildman–Crippen LogP) is 3.93. The zero-order chi connectivity index (χ0) is 13.8. The van der Waals surface area contributed by atoms with E-state index in [9.17, 15) is 10.2 Å². The van der Waals surface area contributed by atoms with Crippen molar-refractivity contribution in [2.24, 2.45) is 0 Å². The van der Waals surface area contributed by atoms with Crippen LogP contribution in [0.25, 0.3) is 12.2 Å². The third-order valence-electron chi connectivity index (χ3n) is 2.64. The van der Waals surface area contributed by atoms with E-state index in [0.717, 1.165) is 11.1 Å². The van der Waals surface area contributed by atoms with Gasteiger partial charge in [0.2, 0.25) is 0 Å². The first-order valence-electron chi connectivity index (χ1n) is 5.64. The molecule has 0 bridgehead atoms. The van der Waals surface area contributed by atoms with Gasteiger partial charge in [0.15, 0.2) is 11.5 Å². The van der Waals surface area contributed by atoms with Crippen molar-refractivity contribution < 1.29 is 14.9 Å². The zero-order valence-corrected chi connectivity index (χ0v) is 11.1. The van der Waals surface area contributed by atoms with Crippen LogP contribution in [0.1, 0.15) is 11.1 Å². The zero-order valence-electron chi connectivity index (χ0n) is 10.3. The van der Waals surface area contributed by atoms with Crippen molar-refractivity contribution in [3.8, 4) is 17.2 Å². The van der Waals surface area contributed by atoms with Crippen molar-refractivity contribution in [1.29, 1.82) is 0 Å². The Bertz CT molecular complexity index is 621. The minimum absolute atomic E-state index is 0.0564. The van der Waals surface area contributed by atoms with Crippen molar-refractivity contribution in [3.63, 3.8) is 0 Å². The van der Waals surface area contributed by atoms with Gasteiger partial charge < -0.3 is 14.9 Å². The molecule has 0 spiro atoms. The van der Waals surface area contributed by atoms with Crippen LogP contribution >= 0.6 is 11.6 Å². The Morgan fingerprint density at radius 2 is 1.58 bits per heavy atom. The summed E-state index contributed by atoms with van der Waals surface area (Å²) in [6.45, 7) is 0. The van der Waals surface area contributed by atoms with Gasteiger partial charge in [0.25, 0.3) is 0 Å². The number of hydrogen-bond acceptors (Lipinski definition) is 3. The third kappa shape index (κ3) is 3.20. The average Bonchev–Trinajstić information content (AvgIpc) is 2.40. The minimum atomic E-state index is 0.0564. The molecule has 0 unspecified atom stereocenters. The molecule has 3 nitrogen and oxygen atoms in total. The van der Waals surface area contributed by atoms with Crippen molar-refractivity contribution in [1.82, 2.24) is 0 Å². The molecule has 19 heavy (non-hydrogen) atoms. The Labute approximate surface area is 116 Å². The van der Waals surface area contributed by atoms with Crippen LogP contribution in [0.2, 0.25) is 5.02 Å². The first-order chi connectivity index (χ1) is 9.10. The average molecular weight is 277 g/mol. The number of rotatable bonds is 3. The summed E-state index contributed by atoms with van der Waals surface area (Å²) in [5, 5.41) is 19.3. The second kappa shape index (κ2) is 5.67. The Balaban J connectivity index is 2.22. The Morgan fingerprint density at radius 1 is 0.947 bits per heavy atom. The molecule has 2 aromatic rings. The number of methoxy groups -OCH3 is 1. The topological polar surface area (TPSA) is 49.7 Å². The predicted molar refractivity (Wildman–Crippen MR) is 76.7 cm³/mol. The highest BCUT2D eigenvalue weighted by atomic mass is 35.5. The molecule has 0 fully saturated rings. The van der Waals surface area contributed by atoms with Gasteiger partial charge in [0, 0.05) is 0 Å². The fourth-order valence-electron chi connectivity index (χ4n) is 1.63. The molecule has 0 saturated heterocycles. The monoisotopic (exact) mass is 276 g/mol. The fourth-order valence-corrected chi connectivity index (χ4v) is 1.82. The third-order valence-corrected chi connectivity index (χ3v) is 2.95. The maximum absolute atomic E-state index is 9.66. The highest BCUT2D eigenvalue weighted by Gasteiger charge is 2.01. The van der Waals surface area contributed by atoms with Gasteiger partial charge in [-0.15, -0.1) is 0 Å². The van der Waals surface area contributed by atoms with E-state index < -0.39 is 0 Å². The molecular formula is C15H13ClO3. The number of phenols is 2. The molecule has 0 radical (unpaired) electrons. The molecular weight excluding hydrogens is 264 g/mol. The molecule has 0 amide bonds. The molecule has 0 aromatic heterocycles. The second-order valence-corrected chi connectivity index (χ2v) is 4.38. The van der Waals surface area contributed by atoms with Crippen LogP contribution in [-0.4, -0.2) is 17.3 Å². The standard InChI is InChI=1S/C15H13ClO3/c1-19-15-7-5-11(9-14(15)18)3-2-10-4-6-13(17)12(16)8-10/h2-9,17-18H,1H3/b3-2+. The van der Waals surface area contributed by atoms with Crippen LogP contribution in [0, 0.1) is 0 Å². The lowest BCUT2D eigenvalue weighted by atomic mass is 10.1. The summed E-state index contributed by atoms with van der Waals surface area (Å²) >= 11 is 5.82. The number of hydrogen-bond donors (Lipinski definition) is 2. The first kappa shape index (κ1) is 13.3. The lowest BCUT2D eigenvalue weighted by Gasteiger charge is -2.03. The van der Waals surface area contributed by atoms with Gasteiger partial charge in [0.1, 0.15) is 5.75 Å². The van der Waals surface area contributed by atoms with Gasteiger partial charge in [-0.05, 0) is 35.4 Å². The van der Waals surface area contributed by atoms with Crippen molar-refractivity contribution >= 4 is 23.8 Å². The molecule has 2 N–H and O–H groups in total. The lowest BCUT2D eigenvalue weighted by Crippen LogP contribution is -1.83. The van der Waals surface area contributed by atoms with E-state index in [2.05, 4.69) is 0 Å². The second-order valence-electron chi connectivity index (χ2n) is 3.98. The number of halogens is 1. The summed E-state index contributed by atoms with van der Waals surface area (Å²) in [7, 11) is 1.50. The molecule has 0 aliphatic heterocycles. The van der Waals surface area contributed by atoms with Crippen molar-refractivity contribution in [3.05, 3.63) is 52.5 Å². The highest BCUT2D eigenvalue weighted by molar-refractivity contribution is 6.32. The largest absolute Gasteiger partial charge is 0.506 e. The summed E-state index contributed by atoms with van der Waals surface area (Å²) in [4.78, 5) is 0. The van der Waals surface area contributed by atoms with Gasteiger partial charge in [-0.2, -0.15) is 0 Å². The number of phenolic OH excluding ortho intramolecular Hbond substituents is 2. The summed E-state index contributed by atoms with van der Waals surface area (Å²) in [6, 6.07) is 10.1. The molecule has 2 rings (SSSR count). The van der Waals surface area contributed by atoms with E-state index in [-0.39, 0.29) is 11.5 Å². The molecule has 0 aliphatic rings. The summed E-state index contributed by atoms with van der Waals surface area (Å²) < 4.78 is 4.97. The number of aromatic hydroxyl groups is 2. The first-order valence-corrected chi connectivity index (χ1v) is 6.01. The van der Waals surface area contributed by atoms with Crippen LogP contribution in [0.15, 0.2) is 36.4 Å². The van der Waals surface area contributed by atoms with Gasteiger partial charge in [-0.3, -0.25) is 0 Å². The van der Waals surface area contributed by atoms with E-state index in [1.165, 1.54) is 13.2 Å². The van der Waals surface area contributed by atoms with E-state index in [4.69, 9.17) is 16.3 Å². The Kier molecular flexibility index (Phi) is 3.97. The molecule has 4 heteroatoms. The summed E-state index contributed by atoms with van der Waals surface area (Å²) in [5.41, 5.74) is 1.70. The summed E-state index contributed by atoms with van der Waals surface area (Å²) in [6.07, 6.45) is 3.68. The molecule has 0 heterocycles. The van der Waals surface area contributed by atoms with Gasteiger partial charge in [-0.25, -0.2) is 0 Å². The minimum Gasteiger partial charge on any atom is -0.506 e. The van der Waals surface area contributed by atoms with Gasteiger partial charge in [0.05, 0.1) is 12.1 Å². The number of ether oxygens (including phenoxy) is 1. The van der Waals surface area contributed by atoms with E-state index in [0.29, 0.717) is 10.8 Å². The molecule has 98 valence electrons. The Morgan fingerprint density at radius 3 is 2.16 bits per heavy atom. The van der Waals surface area contributed by atoms with Crippen LogP contribution in [-0.2, 0) is 0 Å². The molecule has 2 aromatic carbocycles. The van der Waals surface area contributed by atoms with Crippen molar-refractivity contribution in [2.45, 2.75) is 0 Å². The highest BCUT2D eigenvalue weighted by Crippen LogP contribution is 2.28. The Hall–Kier alpha value is -2.13. The van der Waals surface area contributed by atoms with Crippen LogP contribution in [0.4, 0.5) is 0 Å². The van der Waals surface area contributed by atoms with Crippen LogP contribution in [0.5, 0.6) is 17.2 Å². The normalized spacial score (nSPS) is 10.8. The SMILES string of the molecule is COc1ccc(/C=C/c2ccc(O)c(Cl)c2)cc1O. The van der Waals surface area contributed by atoms with Gasteiger partial charge in [-0.1, -0.05) is 35.9 Å². The fraction of sp³-hybridized carbons (Fsp3) is 0.0667. The maximum Gasteiger partial charge on any atom is 0.160 e.